The van der Waals surface area contributed by atoms with Crippen LogP contribution < -0.4 is 0 Å². The number of carboxylic acid groups (broad SMARTS) is 1. The van der Waals surface area contributed by atoms with Crippen LogP contribution in [0.2, 0.25) is 5.15 Å². The lowest BCUT2D eigenvalue weighted by Gasteiger charge is -2.02. The van der Waals surface area contributed by atoms with Gasteiger partial charge >= 0.3 is 5.97 Å². The summed E-state index contributed by atoms with van der Waals surface area (Å²) in [6, 6.07) is 1.79. The van der Waals surface area contributed by atoms with Crippen LogP contribution in [0, 0.1) is 5.92 Å². The zero-order valence-electron chi connectivity index (χ0n) is 7.62. The molecule has 0 spiro atoms. The third kappa shape index (κ3) is 2.49. The molecule has 1 unspecified atom stereocenters. The van der Waals surface area contributed by atoms with E-state index >= 15 is 0 Å². The lowest BCUT2D eigenvalue weighted by molar-refractivity contribution is -0.141. The largest absolute Gasteiger partial charge is 0.481 e. The normalized spacial score (nSPS) is 12.8. The molecule has 1 heterocycles. The highest BCUT2D eigenvalue weighted by Crippen LogP contribution is 2.16. The van der Waals surface area contributed by atoms with Gasteiger partial charge < -0.3 is 9.67 Å². The Morgan fingerprint density at radius 3 is 2.77 bits per heavy atom. The van der Waals surface area contributed by atoms with Gasteiger partial charge in [-0.25, -0.2) is 0 Å². The minimum absolute atomic E-state index is 0.363. The second-order valence-electron chi connectivity index (χ2n) is 3.23. The SMILES string of the molecule is CC(Cc1cc(Cl)n(C)c1)C(=O)O. The number of hydrogen-bond acceptors (Lipinski definition) is 1. The van der Waals surface area contributed by atoms with E-state index in [1.807, 2.05) is 13.2 Å². The van der Waals surface area contributed by atoms with E-state index in [2.05, 4.69) is 0 Å². The molecular formula is C9H12ClNO2. The van der Waals surface area contributed by atoms with Crippen molar-refractivity contribution in [1.29, 1.82) is 0 Å². The molecule has 0 radical (unpaired) electrons. The van der Waals surface area contributed by atoms with E-state index in [1.54, 1.807) is 17.6 Å². The number of carbonyl (C=O) groups is 1. The summed E-state index contributed by atoms with van der Waals surface area (Å²) in [5.41, 5.74) is 0.961. The van der Waals surface area contributed by atoms with Crippen LogP contribution in [0.5, 0.6) is 0 Å². The van der Waals surface area contributed by atoms with Gasteiger partial charge in [0.2, 0.25) is 0 Å². The third-order valence-electron chi connectivity index (χ3n) is 1.96. The molecule has 0 aliphatic carbocycles. The summed E-state index contributed by atoms with van der Waals surface area (Å²) in [5, 5.41) is 9.31. The Labute approximate surface area is 81.9 Å². The molecule has 1 rings (SSSR count). The first-order valence-electron chi connectivity index (χ1n) is 4.04. The van der Waals surface area contributed by atoms with E-state index in [4.69, 9.17) is 16.7 Å². The van der Waals surface area contributed by atoms with Crippen molar-refractivity contribution in [2.24, 2.45) is 13.0 Å². The highest BCUT2D eigenvalue weighted by molar-refractivity contribution is 6.29. The number of nitrogens with zero attached hydrogens (tertiary/aromatic N) is 1. The van der Waals surface area contributed by atoms with Crippen molar-refractivity contribution in [2.45, 2.75) is 13.3 Å². The van der Waals surface area contributed by atoms with E-state index < -0.39 is 5.97 Å². The average Bonchev–Trinajstić information content (AvgIpc) is 2.31. The monoisotopic (exact) mass is 201 g/mol. The van der Waals surface area contributed by atoms with E-state index in [-0.39, 0.29) is 5.92 Å². The summed E-state index contributed by atoms with van der Waals surface area (Å²) in [6.45, 7) is 1.68. The molecule has 0 aliphatic heterocycles. The summed E-state index contributed by atoms with van der Waals surface area (Å²) in [5.74, 6) is -1.14. The van der Waals surface area contributed by atoms with Crippen LogP contribution in [0.3, 0.4) is 0 Å². The van der Waals surface area contributed by atoms with Gasteiger partial charge in [-0.05, 0) is 18.1 Å². The third-order valence-corrected chi connectivity index (χ3v) is 2.34. The highest BCUT2D eigenvalue weighted by Gasteiger charge is 2.12. The number of aromatic nitrogens is 1. The lowest BCUT2D eigenvalue weighted by Crippen LogP contribution is -2.11. The first-order valence-corrected chi connectivity index (χ1v) is 4.42. The van der Waals surface area contributed by atoms with Gasteiger partial charge in [-0.15, -0.1) is 0 Å². The van der Waals surface area contributed by atoms with E-state index in [0.717, 1.165) is 5.56 Å². The Morgan fingerprint density at radius 2 is 2.38 bits per heavy atom. The van der Waals surface area contributed by atoms with Crippen molar-refractivity contribution in [2.75, 3.05) is 0 Å². The van der Waals surface area contributed by atoms with Crippen LogP contribution in [0.4, 0.5) is 0 Å². The quantitative estimate of drug-likeness (QED) is 0.812. The minimum Gasteiger partial charge on any atom is -0.481 e. The summed E-state index contributed by atoms with van der Waals surface area (Å²) < 4.78 is 1.77. The maximum absolute atomic E-state index is 10.6. The van der Waals surface area contributed by atoms with Gasteiger partial charge in [0, 0.05) is 13.2 Å². The molecule has 1 atom stereocenters. The first kappa shape index (κ1) is 10.1. The van der Waals surface area contributed by atoms with Gasteiger partial charge in [0.15, 0.2) is 0 Å². The predicted octanol–water partition coefficient (Wildman–Crippen LogP) is 1.94. The van der Waals surface area contributed by atoms with Crippen molar-refractivity contribution < 1.29 is 9.90 Å². The van der Waals surface area contributed by atoms with Gasteiger partial charge in [0.05, 0.1) is 5.92 Å². The minimum atomic E-state index is -0.778. The van der Waals surface area contributed by atoms with E-state index in [0.29, 0.717) is 11.6 Å². The maximum atomic E-state index is 10.6. The Balaban J connectivity index is 2.69. The second-order valence-corrected chi connectivity index (χ2v) is 3.61. The van der Waals surface area contributed by atoms with Gasteiger partial charge in [0.25, 0.3) is 0 Å². The Bertz CT molecular complexity index is 300. The Morgan fingerprint density at radius 1 is 1.77 bits per heavy atom. The molecule has 1 aromatic rings. The van der Waals surface area contributed by atoms with Gasteiger partial charge in [0.1, 0.15) is 5.15 Å². The molecule has 13 heavy (non-hydrogen) atoms. The number of halogens is 1. The van der Waals surface area contributed by atoms with Crippen molar-refractivity contribution in [1.82, 2.24) is 4.57 Å². The average molecular weight is 202 g/mol. The van der Waals surface area contributed by atoms with E-state index in [9.17, 15) is 4.79 Å². The number of hydrogen-bond donors (Lipinski definition) is 1. The second kappa shape index (κ2) is 3.83. The summed E-state index contributed by atoms with van der Waals surface area (Å²) in [7, 11) is 1.83. The molecule has 0 aromatic carbocycles. The summed E-state index contributed by atoms with van der Waals surface area (Å²) >= 11 is 5.81. The molecule has 1 N–H and O–H groups in total. The first-order chi connectivity index (χ1) is 6.00. The van der Waals surface area contributed by atoms with Crippen LogP contribution in [0.15, 0.2) is 12.3 Å². The van der Waals surface area contributed by atoms with Gasteiger partial charge in [-0.3, -0.25) is 4.79 Å². The van der Waals surface area contributed by atoms with Gasteiger partial charge in [-0.1, -0.05) is 18.5 Å². The fourth-order valence-electron chi connectivity index (χ4n) is 1.15. The van der Waals surface area contributed by atoms with Crippen LogP contribution in [0.1, 0.15) is 12.5 Å². The molecule has 72 valence electrons. The lowest BCUT2D eigenvalue weighted by atomic mass is 10.0. The predicted molar refractivity (Wildman–Crippen MR) is 50.9 cm³/mol. The number of aliphatic carboxylic acids is 1. The molecule has 0 saturated carbocycles. The zero-order valence-corrected chi connectivity index (χ0v) is 8.38. The fourth-order valence-corrected chi connectivity index (χ4v) is 1.34. The topological polar surface area (TPSA) is 42.2 Å². The molecule has 0 amide bonds. The van der Waals surface area contributed by atoms with Crippen LogP contribution in [-0.4, -0.2) is 15.6 Å². The Hall–Kier alpha value is -0.960. The molecule has 0 bridgehead atoms. The van der Waals surface area contributed by atoms with Gasteiger partial charge in [-0.2, -0.15) is 0 Å². The maximum Gasteiger partial charge on any atom is 0.306 e. The van der Waals surface area contributed by atoms with Crippen molar-refractivity contribution in [3.8, 4) is 0 Å². The highest BCUT2D eigenvalue weighted by atomic mass is 35.5. The summed E-state index contributed by atoms with van der Waals surface area (Å²) in [6.07, 6.45) is 2.37. The molecule has 0 fully saturated rings. The molecule has 0 saturated heterocycles. The number of rotatable bonds is 3. The molecular weight excluding hydrogens is 190 g/mol. The smallest absolute Gasteiger partial charge is 0.306 e. The van der Waals surface area contributed by atoms with Crippen LogP contribution in [0.25, 0.3) is 0 Å². The van der Waals surface area contributed by atoms with Crippen molar-refractivity contribution >= 4 is 17.6 Å². The number of carboxylic acids is 1. The number of aryl methyl sites for hydroxylation is 1. The molecule has 3 nitrogen and oxygen atoms in total. The van der Waals surface area contributed by atoms with E-state index in [1.165, 1.54) is 0 Å². The molecule has 1 aromatic heterocycles. The Kier molecular flexibility index (Phi) is 2.98. The van der Waals surface area contributed by atoms with Crippen LogP contribution in [-0.2, 0) is 18.3 Å². The fraction of sp³-hybridized carbons (Fsp3) is 0.444. The molecule has 4 heteroatoms. The zero-order chi connectivity index (χ0) is 10.0. The van der Waals surface area contributed by atoms with Crippen molar-refractivity contribution in [3.05, 3.63) is 23.0 Å². The van der Waals surface area contributed by atoms with Crippen molar-refractivity contribution in [3.63, 3.8) is 0 Å². The van der Waals surface area contributed by atoms with Crippen LogP contribution >= 0.6 is 11.6 Å². The summed E-state index contributed by atoms with van der Waals surface area (Å²) in [4.78, 5) is 10.6. The standard InChI is InChI=1S/C9H12ClNO2/c1-6(9(12)13)3-7-4-8(10)11(2)5-7/h4-6H,3H2,1-2H3,(H,12,13). The molecule has 0 aliphatic rings.